The second-order valence-corrected chi connectivity index (χ2v) is 6.25. The van der Waals surface area contributed by atoms with Crippen LogP contribution >= 0.6 is 11.3 Å². The van der Waals surface area contributed by atoms with E-state index < -0.39 is 5.60 Å². The molecule has 0 radical (unpaired) electrons. The van der Waals surface area contributed by atoms with Crippen molar-refractivity contribution in [3.05, 3.63) is 10.9 Å². The molecule has 0 spiro atoms. The van der Waals surface area contributed by atoms with Crippen LogP contribution in [0.25, 0.3) is 10.2 Å². The van der Waals surface area contributed by atoms with Gasteiger partial charge < -0.3 is 20.8 Å². The summed E-state index contributed by atoms with van der Waals surface area (Å²) in [6.07, 6.45) is 0. The summed E-state index contributed by atoms with van der Waals surface area (Å²) in [6, 6.07) is 2.02. The molecule has 6 nitrogen and oxygen atoms in total. The van der Waals surface area contributed by atoms with E-state index >= 15 is 0 Å². The molecular weight excluding hydrogens is 276 g/mol. The quantitative estimate of drug-likeness (QED) is 0.647. The summed E-state index contributed by atoms with van der Waals surface area (Å²) in [5, 5.41) is 26.1. The maximum Gasteiger partial charge on any atom is 0.226 e. The normalized spacial score (nSPS) is 14.2. The molecule has 1 unspecified atom stereocenters. The van der Waals surface area contributed by atoms with E-state index in [-0.39, 0.29) is 13.2 Å². The second-order valence-electron chi connectivity index (χ2n) is 5.01. The summed E-state index contributed by atoms with van der Waals surface area (Å²) < 4.78 is 0. The van der Waals surface area contributed by atoms with Crippen molar-refractivity contribution in [2.75, 3.05) is 30.3 Å². The van der Waals surface area contributed by atoms with Gasteiger partial charge in [-0.3, -0.25) is 0 Å². The van der Waals surface area contributed by atoms with Crippen molar-refractivity contribution >= 4 is 33.3 Å². The van der Waals surface area contributed by atoms with Gasteiger partial charge in [-0.25, -0.2) is 4.98 Å². The van der Waals surface area contributed by atoms with Gasteiger partial charge in [0, 0.05) is 18.0 Å². The van der Waals surface area contributed by atoms with Crippen molar-refractivity contribution < 1.29 is 10.2 Å². The van der Waals surface area contributed by atoms with Gasteiger partial charge in [-0.15, -0.1) is 11.3 Å². The van der Waals surface area contributed by atoms with Gasteiger partial charge >= 0.3 is 0 Å². The lowest BCUT2D eigenvalue weighted by Gasteiger charge is -2.21. The third-order valence-electron chi connectivity index (χ3n) is 2.83. The fourth-order valence-electron chi connectivity index (χ4n) is 1.74. The Bertz CT molecular complexity index is 597. The number of aromatic nitrogens is 2. The molecule has 0 aliphatic carbocycles. The van der Waals surface area contributed by atoms with Gasteiger partial charge in [0.05, 0.1) is 12.0 Å². The minimum Gasteiger partial charge on any atom is -0.393 e. The third-order valence-corrected chi connectivity index (χ3v) is 3.77. The molecule has 0 aromatic carbocycles. The molecule has 0 amide bonds. The van der Waals surface area contributed by atoms with Crippen molar-refractivity contribution in [1.82, 2.24) is 9.97 Å². The van der Waals surface area contributed by atoms with E-state index in [9.17, 15) is 5.11 Å². The molecule has 2 rings (SSSR count). The van der Waals surface area contributed by atoms with Crippen molar-refractivity contribution in [1.29, 1.82) is 0 Å². The van der Waals surface area contributed by atoms with E-state index in [0.717, 1.165) is 21.6 Å². The molecule has 0 fully saturated rings. The van der Waals surface area contributed by atoms with E-state index in [1.807, 2.05) is 19.9 Å². The monoisotopic (exact) mass is 296 g/mol. The predicted octanol–water partition coefficient (Wildman–Crippen LogP) is 1.59. The highest BCUT2D eigenvalue weighted by molar-refractivity contribution is 7.18. The number of hydrogen-bond donors (Lipinski definition) is 4. The van der Waals surface area contributed by atoms with Crippen molar-refractivity contribution in [2.45, 2.75) is 26.4 Å². The van der Waals surface area contributed by atoms with Gasteiger partial charge in [0.2, 0.25) is 5.95 Å². The number of nitrogens with zero attached hydrogens (tertiary/aromatic N) is 2. The van der Waals surface area contributed by atoms with Gasteiger partial charge in [0.1, 0.15) is 16.2 Å². The molecule has 2 heterocycles. The number of anilines is 2. The van der Waals surface area contributed by atoms with Gasteiger partial charge in [-0.2, -0.15) is 4.98 Å². The molecule has 0 aliphatic heterocycles. The number of aryl methyl sites for hydroxylation is 1. The molecule has 1 atom stereocenters. The number of aliphatic hydroxyl groups excluding tert-OH is 1. The van der Waals surface area contributed by atoms with Crippen LogP contribution in [-0.4, -0.2) is 45.5 Å². The first kappa shape index (κ1) is 15.0. The summed E-state index contributed by atoms with van der Waals surface area (Å²) in [4.78, 5) is 10.9. The molecular formula is C13H20N4O2S. The largest absolute Gasteiger partial charge is 0.393 e. The van der Waals surface area contributed by atoms with Crippen LogP contribution in [-0.2, 0) is 0 Å². The number of fused-ring (bicyclic) bond motifs is 1. The topological polar surface area (TPSA) is 90.3 Å². The SMILES string of the molecule is CCNc1nc(NCC(C)(O)CO)c2cc(C)sc2n1. The van der Waals surface area contributed by atoms with Gasteiger partial charge in [0.25, 0.3) is 0 Å². The maximum absolute atomic E-state index is 9.87. The Kier molecular flexibility index (Phi) is 4.42. The van der Waals surface area contributed by atoms with Crippen LogP contribution in [0.15, 0.2) is 6.07 Å². The Balaban J connectivity index is 2.34. The molecule has 110 valence electrons. The highest BCUT2D eigenvalue weighted by Gasteiger charge is 2.20. The minimum atomic E-state index is -1.18. The van der Waals surface area contributed by atoms with Gasteiger partial charge in [-0.1, -0.05) is 0 Å². The first-order valence-electron chi connectivity index (χ1n) is 6.54. The van der Waals surface area contributed by atoms with E-state index in [1.165, 1.54) is 0 Å². The lowest BCUT2D eigenvalue weighted by atomic mass is 10.1. The fraction of sp³-hybridized carbons (Fsp3) is 0.538. The number of rotatable bonds is 6. The molecule has 0 bridgehead atoms. The Morgan fingerprint density at radius 1 is 1.35 bits per heavy atom. The molecule has 2 aromatic rings. The van der Waals surface area contributed by atoms with Gasteiger partial charge in [-0.05, 0) is 26.8 Å². The number of aliphatic hydroxyl groups is 2. The summed E-state index contributed by atoms with van der Waals surface area (Å²) in [6.45, 7) is 6.23. The van der Waals surface area contributed by atoms with Crippen molar-refractivity contribution in [3.8, 4) is 0 Å². The smallest absolute Gasteiger partial charge is 0.226 e. The zero-order valence-electron chi connectivity index (χ0n) is 11.9. The second kappa shape index (κ2) is 5.90. The maximum atomic E-state index is 9.87. The molecule has 20 heavy (non-hydrogen) atoms. The van der Waals surface area contributed by atoms with E-state index in [0.29, 0.717) is 11.8 Å². The van der Waals surface area contributed by atoms with Crippen LogP contribution in [0.1, 0.15) is 18.7 Å². The molecule has 4 N–H and O–H groups in total. The zero-order chi connectivity index (χ0) is 14.8. The number of thiophene rings is 1. The highest BCUT2D eigenvalue weighted by atomic mass is 32.1. The average Bonchev–Trinajstić information content (AvgIpc) is 2.77. The molecule has 0 saturated heterocycles. The summed E-state index contributed by atoms with van der Waals surface area (Å²) in [7, 11) is 0. The van der Waals surface area contributed by atoms with Crippen LogP contribution in [0.2, 0.25) is 0 Å². The Morgan fingerprint density at radius 3 is 2.75 bits per heavy atom. The minimum absolute atomic E-state index is 0.218. The van der Waals surface area contributed by atoms with Crippen LogP contribution < -0.4 is 10.6 Å². The summed E-state index contributed by atoms with van der Waals surface area (Å²) in [5.41, 5.74) is -1.18. The lowest BCUT2D eigenvalue weighted by Crippen LogP contribution is -2.37. The third kappa shape index (κ3) is 3.36. The lowest BCUT2D eigenvalue weighted by molar-refractivity contribution is 0.0132. The first-order valence-corrected chi connectivity index (χ1v) is 7.36. The van der Waals surface area contributed by atoms with E-state index in [2.05, 4.69) is 20.6 Å². The van der Waals surface area contributed by atoms with E-state index in [1.54, 1.807) is 18.3 Å². The van der Waals surface area contributed by atoms with E-state index in [4.69, 9.17) is 5.11 Å². The van der Waals surface area contributed by atoms with Crippen LogP contribution in [0.5, 0.6) is 0 Å². The fourth-order valence-corrected chi connectivity index (χ4v) is 2.62. The summed E-state index contributed by atoms with van der Waals surface area (Å²) >= 11 is 1.60. The molecule has 0 aliphatic rings. The van der Waals surface area contributed by atoms with Crippen LogP contribution in [0, 0.1) is 6.92 Å². The average molecular weight is 296 g/mol. The Labute approximate surface area is 121 Å². The number of nitrogens with one attached hydrogen (secondary N) is 2. The van der Waals surface area contributed by atoms with Gasteiger partial charge in [0.15, 0.2) is 0 Å². The standard InChI is InChI=1S/C13H20N4O2S/c1-4-14-12-16-10(15-6-13(3,19)7-18)9-5-8(2)20-11(9)17-12/h5,18-19H,4,6-7H2,1-3H3,(H2,14,15,16,17). The van der Waals surface area contributed by atoms with Crippen molar-refractivity contribution in [3.63, 3.8) is 0 Å². The highest BCUT2D eigenvalue weighted by Crippen LogP contribution is 2.29. The predicted molar refractivity (Wildman–Crippen MR) is 82.5 cm³/mol. The molecule has 7 heteroatoms. The summed E-state index contributed by atoms with van der Waals surface area (Å²) in [5.74, 6) is 1.23. The Hall–Kier alpha value is -1.44. The van der Waals surface area contributed by atoms with Crippen molar-refractivity contribution in [2.24, 2.45) is 0 Å². The zero-order valence-corrected chi connectivity index (χ0v) is 12.7. The number of hydrogen-bond acceptors (Lipinski definition) is 7. The van der Waals surface area contributed by atoms with Crippen LogP contribution in [0.4, 0.5) is 11.8 Å². The molecule has 0 saturated carbocycles. The molecule has 2 aromatic heterocycles. The first-order chi connectivity index (χ1) is 9.45. The van der Waals surface area contributed by atoms with Crippen LogP contribution in [0.3, 0.4) is 0 Å². The Morgan fingerprint density at radius 2 is 2.10 bits per heavy atom.